The molecule has 0 aliphatic rings. The van der Waals surface area contributed by atoms with Gasteiger partial charge in [0.25, 0.3) is 0 Å². The minimum Gasteiger partial charge on any atom is -0.228 e. The van der Waals surface area contributed by atoms with Crippen LogP contribution < -0.4 is 4.72 Å². The van der Waals surface area contributed by atoms with E-state index in [1.807, 2.05) is 6.92 Å². The van der Waals surface area contributed by atoms with Crippen molar-refractivity contribution in [2.24, 2.45) is 0 Å². The van der Waals surface area contributed by atoms with Crippen LogP contribution in [-0.2, 0) is 19.9 Å². The van der Waals surface area contributed by atoms with Crippen LogP contribution in [0.15, 0.2) is 0 Å². The molecule has 0 bridgehead atoms. The van der Waals surface area contributed by atoms with Gasteiger partial charge in [-0.1, -0.05) is 6.92 Å². The van der Waals surface area contributed by atoms with Crippen LogP contribution in [0.1, 0.15) is 19.8 Å². The summed E-state index contributed by atoms with van der Waals surface area (Å²) in [5.41, 5.74) is 0. The highest BCUT2D eigenvalue weighted by atomic mass is 35.5. The van der Waals surface area contributed by atoms with Crippen molar-refractivity contribution in [3.05, 3.63) is 0 Å². The molecule has 1 N–H and O–H groups in total. The van der Waals surface area contributed by atoms with E-state index in [2.05, 4.69) is 4.72 Å². The van der Waals surface area contributed by atoms with Gasteiger partial charge in [-0.05, 0) is 12.8 Å². The van der Waals surface area contributed by atoms with Crippen LogP contribution in [0.25, 0.3) is 0 Å². The Morgan fingerprint density at radius 1 is 1.27 bits per heavy atom. The topological polar surface area (TPSA) is 80.3 Å². The smallest absolute Gasteiger partial charge is 0.226 e. The minimum absolute atomic E-state index is 0.0917. The lowest BCUT2D eigenvalue weighted by molar-refractivity contribution is 0.577. The predicted octanol–water partition coefficient (Wildman–Crippen LogP) is 0.315. The van der Waals surface area contributed by atoms with Gasteiger partial charge in [0.2, 0.25) is 10.0 Å². The average Bonchev–Trinajstić information content (AvgIpc) is 1.98. The number of sulfone groups is 1. The second-order valence-electron chi connectivity index (χ2n) is 3.35. The number of alkyl halides is 1. The Kier molecular flexibility index (Phi) is 6.09. The minimum atomic E-state index is -3.74. The summed E-state index contributed by atoms with van der Waals surface area (Å²) in [6.07, 6.45) is 2.11. The van der Waals surface area contributed by atoms with Gasteiger partial charge in [0.05, 0.1) is 0 Å². The number of hydrogen-bond donors (Lipinski definition) is 1. The molecule has 0 aromatic rings. The molecule has 0 radical (unpaired) electrons. The third-order valence-electron chi connectivity index (χ3n) is 1.59. The lowest BCUT2D eigenvalue weighted by atomic mass is 10.2. The monoisotopic (exact) mass is 277 g/mol. The molecule has 0 aliphatic heterocycles. The highest BCUT2D eigenvalue weighted by Crippen LogP contribution is 2.05. The SMILES string of the molecule is CCC(Cl)CCNS(=O)(=O)CS(C)(=O)=O. The van der Waals surface area contributed by atoms with Gasteiger partial charge >= 0.3 is 0 Å². The van der Waals surface area contributed by atoms with Crippen LogP contribution in [0, 0.1) is 0 Å². The Morgan fingerprint density at radius 2 is 1.80 bits per heavy atom. The number of sulfonamides is 1. The zero-order valence-corrected chi connectivity index (χ0v) is 11.1. The fourth-order valence-corrected chi connectivity index (χ4v) is 4.02. The first-order valence-corrected chi connectivity index (χ1v) is 8.60. The molecular weight excluding hydrogens is 262 g/mol. The van der Waals surface area contributed by atoms with Crippen LogP contribution in [0.4, 0.5) is 0 Å². The third-order valence-corrected chi connectivity index (χ3v) is 5.72. The van der Waals surface area contributed by atoms with Crippen LogP contribution in [0.5, 0.6) is 0 Å². The molecule has 0 amide bonds. The zero-order valence-electron chi connectivity index (χ0n) is 8.73. The van der Waals surface area contributed by atoms with Gasteiger partial charge in [-0.2, -0.15) is 0 Å². The Morgan fingerprint density at radius 3 is 2.20 bits per heavy atom. The van der Waals surface area contributed by atoms with E-state index in [9.17, 15) is 16.8 Å². The first-order chi connectivity index (χ1) is 6.66. The molecule has 0 saturated heterocycles. The van der Waals surface area contributed by atoms with Gasteiger partial charge in [-0.25, -0.2) is 21.6 Å². The number of halogens is 1. The summed E-state index contributed by atoms with van der Waals surface area (Å²) in [6, 6.07) is 0. The van der Waals surface area contributed by atoms with Crippen LogP contribution in [0.2, 0.25) is 0 Å². The zero-order chi connectivity index (χ0) is 12.1. The Hall–Kier alpha value is 0.150. The standard InChI is InChI=1S/C7H16ClNO4S2/c1-3-7(8)4-5-9-15(12,13)6-14(2,10)11/h7,9H,3-6H2,1-2H3. The molecule has 1 unspecified atom stereocenters. The summed E-state index contributed by atoms with van der Waals surface area (Å²) in [7, 11) is -7.26. The van der Waals surface area contributed by atoms with Gasteiger partial charge in [0.15, 0.2) is 14.9 Å². The number of rotatable bonds is 7. The van der Waals surface area contributed by atoms with Crippen molar-refractivity contribution in [3.63, 3.8) is 0 Å². The van der Waals surface area contributed by atoms with Gasteiger partial charge in [-0.15, -0.1) is 11.6 Å². The van der Waals surface area contributed by atoms with E-state index in [-0.39, 0.29) is 11.9 Å². The van der Waals surface area contributed by atoms with Gasteiger partial charge in [0.1, 0.15) is 0 Å². The van der Waals surface area contributed by atoms with Crippen LogP contribution in [0.3, 0.4) is 0 Å². The molecule has 92 valence electrons. The van der Waals surface area contributed by atoms with E-state index in [1.165, 1.54) is 0 Å². The summed E-state index contributed by atoms with van der Waals surface area (Å²) in [5.74, 6) is 0. The van der Waals surface area contributed by atoms with Crippen molar-refractivity contribution in [3.8, 4) is 0 Å². The third kappa shape index (κ3) is 9.10. The number of nitrogens with one attached hydrogen (secondary N) is 1. The first kappa shape index (κ1) is 15.2. The van der Waals surface area contributed by atoms with Crippen molar-refractivity contribution >= 4 is 31.5 Å². The lowest BCUT2D eigenvalue weighted by Crippen LogP contribution is -2.31. The maximum absolute atomic E-state index is 11.2. The van der Waals surface area contributed by atoms with E-state index < -0.39 is 24.9 Å². The molecule has 1 atom stereocenters. The molecule has 15 heavy (non-hydrogen) atoms. The first-order valence-electron chi connectivity index (χ1n) is 4.45. The van der Waals surface area contributed by atoms with Crippen molar-refractivity contribution in [2.75, 3.05) is 17.9 Å². The molecule has 0 saturated carbocycles. The molecule has 0 rings (SSSR count). The highest BCUT2D eigenvalue weighted by molar-refractivity contribution is 8.06. The molecule has 0 heterocycles. The van der Waals surface area contributed by atoms with E-state index in [0.717, 1.165) is 12.7 Å². The summed E-state index contributed by atoms with van der Waals surface area (Å²) < 4.78 is 46.1. The van der Waals surface area contributed by atoms with Gasteiger partial charge < -0.3 is 0 Å². The fraction of sp³-hybridized carbons (Fsp3) is 1.00. The quantitative estimate of drug-likeness (QED) is 0.680. The second-order valence-corrected chi connectivity index (χ2v) is 8.28. The molecule has 0 aliphatic carbocycles. The second kappa shape index (κ2) is 6.03. The fourth-order valence-electron chi connectivity index (χ4n) is 0.899. The summed E-state index contributed by atoms with van der Waals surface area (Å²) >= 11 is 5.77. The molecule has 0 aromatic carbocycles. The Balaban J connectivity index is 4.07. The Bertz CT molecular complexity index is 376. The van der Waals surface area contributed by atoms with Crippen LogP contribution in [-0.4, -0.2) is 40.1 Å². The number of hydrogen-bond acceptors (Lipinski definition) is 4. The highest BCUT2D eigenvalue weighted by Gasteiger charge is 2.17. The van der Waals surface area contributed by atoms with E-state index in [4.69, 9.17) is 11.6 Å². The largest absolute Gasteiger partial charge is 0.228 e. The Labute approximate surface area is 96.2 Å². The maximum atomic E-state index is 11.2. The normalized spacial score (nSPS) is 15.1. The van der Waals surface area contributed by atoms with Crippen LogP contribution >= 0.6 is 11.6 Å². The maximum Gasteiger partial charge on any atom is 0.226 e. The molecule has 0 spiro atoms. The van der Waals surface area contributed by atoms with E-state index in [0.29, 0.717) is 6.42 Å². The van der Waals surface area contributed by atoms with Crippen molar-refractivity contribution in [1.82, 2.24) is 4.72 Å². The van der Waals surface area contributed by atoms with E-state index in [1.54, 1.807) is 0 Å². The average molecular weight is 278 g/mol. The molecule has 0 aromatic heterocycles. The summed E-state index contributed by atoms with van der Waals surface area (Å²) in [4.78, 5) is 0. The van der Waals surface area contributed by atoms with Crippen molar-refractivity contribution < 1.29 is 16.8 Å². The predicted molar refractivity (Wildman–Crippen MR) is 61.2 cm³/mol. The van der Waals surface area contributed by atoms with Crippen molar-refractivity contribution in [2.45, 2.75) is 25.1 Å². The lowest BCUT2D eigenvalue weighted by Gasteiger charge is -2.07. The summed E-state index contributed by atoms with van der Waals surface area (Å²) in [6.45, 7) is 2.06. The summed E-state index contributed by atoms with van der Waals surface area (Å²) in [5, 5.41) is -0.968. The molecule has 8 heteroatoms. The van der Waals surface area contributed by atoms with Crippen molar-refractivity contribution in [1.29, 1.82) is 0 Å². The molecule has 5 nitrogen and oxygen atoms in total. The van der Waals surface area contributed by atoms with E-state index >= 15 is 0 Å². The molecule has 0 fully saturated rings. The van der Waals surface area contributed by atoms with Gasteiger partial charge in [-0.3, -0.25) is 0 Å². The molecular formula is C7H16ClNO4S2. The van der Waals surface area contributed by atoms with Gasteiger partial charge in [0, 0.05) is 18.2 Å².